The summed E-state index contributed by atoms with van der Waals surface area (Å²) in [5, 5.41) is 2.49. The molecule has 280 valence electrons. The maximum Gasteiger partial charge on any atom is 0.335 e. The van der Waals surface area contributed by atoms with Gasteiger partial charge in [0.25, 0.3) is 8.32 Å². The lowest BCUT2D eigenvalue weighted by Crippen LogP contribution is -2.66. The van der Waals surface area contributed by atoms with Crippen molar-refractivity contribution in [1.29, 1.82) is 0 Å². The summed E-state index contributed by atoms with van der Waals surface area (Å²) in [5.41, 5.74) is 4.01. The lowest BCUT2D eigenvalue weighted by Gasteiger charge is -2.43. The average Bonchev–Trinajstić information content (AvgIpc) is 3.10. The normalized spacial score (nSPS) is 13.0. The van der Waals surface area contributed by atoms with Crippen LogP contribution in [0, 0.1) is 0 Å². The number of allylic oxidation sites excluding steroid dienone is 3. The summed E-state index contributed by atoms with van der Waals surface area (Å²) in [7, 11) is -2.81. The molecule has 0 fully saturated rings. The van der Waals surface area contributed by atoms with Crippen molar-refractivity contribution in [2.24, 2.45) is 0 Å². The third kappa shape index (κ3) is 12.3. The average molecular weight is 739 g/mol. The third-order valence-electron chi connectivity index (χ3n) is 8.54. The summed E-state index contributed by atoms with van der Waals surface area (Å²) < 4.78 is 54.0. The quantitative estimate of drug-likeness (QED) is 0.0437. The molecule has 0 unspecified atom stereocenters. The summed E-state index contributed by atoms with van der Waals surface area (Å²) in [4.78, 5) is 0. The first-order chi connectivity index (χ1) is 24.4. The Morgan fingerprint density at radius 3 is 1.73 bits per heavy atom. The van der Waals surface area contributed by atoms with E-state index in [2.05, 4.69) is 107 Å². The van der Waals surface area contributed by atoms with Crippen LogP contribution in [0.5, 0.6) is 11.5 Å². The van der Waals surface area contributed by atoms with Gasteiger partial charge in [0, 0.05) is 19.8 Å². The Morgan fingerprint density at radius 2 is 1.27 bits per heavy atom. The molecule has 0 saturated carbocycles. The summed E-state index contributed by atoms with van der Waals surface area (Å²) in [6, 6.07) is 25.2. The van der Waals surface area contributed by atoms with Crippen LogP contribution in [0.25, 0.3) is 0 Å². The Kier molecular flexibility index (Phi) is 17.4. The van der Waals surface area contributed by atoms with Crippen LogP contribution in [0.1, 0.15) is 72.4 Å². The van der Waals surface area contributed by atoms with Gasteiger partial charge in [-0.15, -0.1) is 0 Å². The van der Waals surface area contributed by atoms with Crippen molar-refractivity contribution in [3.05, 3.63) is 107 Å². The molecule has 8 nitrogen and oxygen atoms in total. The zero-order chi connectivity index (χ0) is 37.3. The molecule has 0 bridgehead atoms. The fourth-order valence-corrected chi connectivity index (χ4v) is 12.5. The third-order valence-corrected chi connectivity index (χ3v) is 15.6. The van der Waals surface area contributed by atoms with E-state index >= 15 is 0 Å². The largest absolute Gasteiger partial charge is 0.467 e. The molecular weight excluding hydrogens is 680 g/mol. The van der Waals surface area contributed by atoms with Gasteiger partial charge in [-0.1, -0.05) is 105 Å². The second-order valence-electron chi connectivity index (χ2n) is 13.6. The number of methoxy groups -OCH3 is 2. The van der Waals surface area contributed by atoms with Crippen LogP contribution < -0.4 is 19.8 Å². The zero-order valence-electron chi connectivity index (χ0n) is 32.2. The second kappa shape index (κ2) is 20.9. The first-order valence-electron chi connectivity index (χ1n) is 17.8. The van der Waals surface area contributed by atoms with E-state index in [4.69, 9.17) is 32.4 Å². The minimum Gasteiger partial charge on any atom is -0.467 e. The van der Waals surface area contributed by atoms with Crippen molar-refractivity contribution < 1.29 is 37.0 Å². The van der Waals surface area contributed by atoms with Crippen molar-refractivity contribution in [3.63, 3.8) is 0 Å². The van der Waals surface area contributed by atoms with Crippen molar-refractivity contribution in [2.75, 3.05) is 47.6 Å². The van der Waals surface area contributed by atoms with Gasteiger partial charge in [-0.3, -0.25) is 4.57 Å². The van der Waals surface area contributed by atoms with Gasteiger partial charge in [-0.05, 0) is 80.1 Å². The van der Waals surface area contributed by atoms with Gasteiger partial charge in [-0.2, -0.15) is 0 Å². The van der Waals surface area contributed by atoms with Crippen LogP contribution >= 0.6 is 7.60 Å². The number of rotatable bonds is 22. The predicted molar refractivity (Wildman–Crippen MR) is 210 cm³/mol. The Morgan fingerprint density at radius 1 is 0.765 bits per heavy atom. The molecule has 0 aliphatic heterocycles. The van der Waals surface area contributed by atoms with E-state index in [1.165, 1.54) is 21.5 Å². The van der Waals surface area contributed by atoms with Crippen molar-refractivity contribution in [2.45, 2.75) is 78.9 Å². The lowest BCUT2D eigenvalue weighted by molar-refractivity contribution is 0.0447. The molecule has 3 aromatic carbocycles. The SMILES string of the molecule is CCOP(=O)(Cc1cc(OCOC)c(C/C=C(\C)CC/C=C(\C)CO[Si](c2ccccc2)(c2ccccc2)C(C)(C)C)c(OCOC)c1)OCC. The number of hydrogen-bond acceptors (Lipinski definition) is 8. The molecule has 10 heteroatoms. The first-order valence-corrected chi connectivity index (χ1v) is 21.4. The molecule has 0 saturated heterocycles. The summed E-state index contributed by atoms with van der Waals surface area (Å²) in [5.74, 6) is 1.17. The molecule has 0 aromatic heterocycles. The molecule has 0 aliphatic rings. The Bertz CT molecular complexity index is 1510. The van der Waals surface area contributed by atoms with Crippen LogP contribution in [-0.2, 0) is 40.1 Å². The van der Waals surface area contributed by atoms with E-state index in [1.54, 1.807) is 28.1 Å². The van der Waals surface area contributed by atoms with Crippen molar-refractivity contribution in [3.8, 4) is 11.5 Å². The monoisotopic (exact) mass is 738 g/mol. The highest BCUT2D eigenvalue weighted by Crippen LogP contribution is 2.52. The molecule has 51 heavy (non-hydrogen) atoms. The highest BCUT2D eigenvalue weighted by Gasteiger charge is 2.50. The molecule has 0 amide bonds. The van der Waals surface area contributed by atoms with Crippen LogP contribution in [0.15, 0.2) is 96.1 Å². The van der Waals surface area contributed by atoms with Gasteiger partial charge < -0.3 is 32.4 Å². The highest BCUT2D eigenvalue weighted by atomic mass is 31.2. The maximum atomic E-state index is 13.3. The predicted octanol–water partition coefficient (Wildman–Crippen LogP) is 9.21. The van der Waals surface area contributed by atoms with Gasteiger partial charge in [0.05, 0.1) is 26.0 Å². The van der Waals surface area contributed by atoms with Crippen LogP contribution in [-0.4, -0.2) is 55.9 Å². The van der Waals surface area contributed by atoms with Crippen LogP contribution in [0.2, 0.25) is 5.04 Å². The van der Waals surface area contributed by atoms with Crippen LogP contribution in [0.4, 0.5) is 0 Å². The highest BCUT2D eigenvalue weighted by molar-refractivity contribution is 7.53. The second-order valence-corrected chi connectivity index (χ2v) is 19.9. The summed E-state index contributed by atoms with van der Waals surface area (Å²) in [6.07, 6.45) is 6.92. The molecule has 3 aromatic rings. The molecule has 0 N–H and O–H groups in total. The fourth-order valence-electron chi connectivity index (χ4n) is 6.18. The van der Waals surface area contributed by atoms with E-state index < -0.39 is 15.9 Å². The molecule has 0 aliphatic carbocycles. The van der Waals surface area contributed by atoms with Gasteiger partial charge in [0.2, 0.25) is 0 Å². The standard InChI is InChI=1S/C41H59O8PSi/c1-10-47-50(42,48-11-2)30-35-27-39(45-31-43-8)38(40(28-35)46-32-44-9)26-25-33(3)19-18-20-34(4)29-49-51(41(5,6)7,36-21-14-12-15-22-36)37-23-16-13-17-24-37/h12-17,20-25,27-28H,10-11,18-19,26,29-32H2,1-9H3/b33-25+,34-20+. The van der Waals surface area contributed by atoms with E-state index in [0.29, 0.717) is 30.1 Å². The Hall–Kier alpha value is -3.01. The van der Waals surface area contributed by atoms with E-state index in [9.17, 15) is 4.57 Å². The van der Waals surface area contributed by atoms with Crippen molar-refractivity contribution >= 4 is 26.3 Å². The topological polar surface area (TPSA) is 81.7 Å². The van der Waals surface area contributed by atoms with Crippen LogP contribution in [0.3, 0.4) is 0 Å². The molecular formula is C41H59O8PSi. The van der Waals surface area contributed by atoms with Gasteiger partial charge in [-0.25, -0.2) is 0 Å². The first kappa shape index (κ1) is 42.4. The molecule has 3 rings (SSSR count). The van der Waals surface area contributed by atoms with Gasteiger partial charge in [0.1, 0.15) is 11.5 Å². The fraction of sp³-hybridized carbons (Fsp3) is 0.463. The number of benzene rings is 3. The summed E-state index contributed by atoms with van der Waals surface area (Å²) >= 11 is 0. The van der Waals surface area contributed by atoms with Gasteiger partial charge >= 0.3 is 7.60 Å². The molecule has 0 heterocycles. The smallest absolute Gasteiger partial charge is 0.335 e. The molecule has 0 spiro atoms. The minimum atomic E-state index is -3.35. The van der Waals surface area contributed by atoms with E-state index in [0.717, 1.165) is 18.4 Å². The molecule has 0 radical (unpaired) electrons. The van der Waals surface area contributed by atoms with Crippen molar-refractivity contribution in [1.82, 2.24) is 0 Å². The number of ether oxygens (including phenoxy) is 4. The Labute approximate surface area is 307 Å². The lowest BCUT2D eigenvalue weighted by atomic mass is 10.0. The minimum absolute atomic E-state index is 0.0531. The van der Waals surface area contributed by atoms with Gasteiger partial charge in [0.15, 0.2) is 13.6 Å². The molecule has 0 atom stereocenters. The zero-order valence-corrected chi connectivity index (χ0v) is 34.1. The number of hydrogen-bond donors (Lipinski definition) is 0. The van der Waals surface area contributed by atoms with E-state index in [1.807, 2.05) is 12.1 Å². The Balaban J connectivity index is 1.79. The van der Waals surface area contributed by atoms with E-state index in [-0.39, 0.29) is 38.0 Å². The summed E-state index contributed by atoms with van der Waals surface area (Å²) in [6.45, 7) is 16.0. The maximum absolute atomic E-state index is 13.3.